The van der Waals surface area contributed by atoms with Gasteiger partial charge in [0.1, 0.15) is 0 Å². The molecule has 0 aromatic carbocycles. The van der Waals surface area contributed by atoms with Crippen molar-refractivity contribution in [2.24, 2.45) is 46.3 Å². The van der Waals surface area contributed by atoms with Gasteiger partial charge in [0.25, 0.3) is 0 Å². The van der Waals surface area contributed by atoms with Gasteiger partial charge in [-0.05, 0) is 97.7 Å². The molecular weight excluding hydrogens is 340 g/mol. The summed E-state index contributed by atoms with van der Waals surface area (Å²) in [6, 6.07) is 0. The Bertz CT molecular complexity index is 591. The molecule has 0 spiro atoms. The number of rotatable bonds is 5. The normalized spacial score (nSPS) is 46.5. The van der Waals surface area contributed by atoms with E-state index in [0.29, 0.717) is 10.8 Å². The highest BCUT2D eigenvalue weighted by Crippen LogP contribution is 2.67. The molecule has 1 heteroatoms. The van der Waals surface area contributed by atoms with Gasteiger partial charge < -0.3 is 5.11 Å². The summed E-state index contributed by atoms with van der Waals surface area (Å²) in [5, 5.41) is 10.2. The lowest BCUT2D eigenvalue weighted by Gasteiger charge is -2.58. The zero-order valence-corrected chi connectivity index (χ0v) is 19.3. The fourth-order valence-corrected chi connectivity index (χ4v) is 8.67. The Morgan fingerprint density at radius 1 is 1.00 bits per heavy atom. The number of aliphatic hydroxyl groups is 1. The second-order valence-electron chi connectivity index (χ2n) is 12.2. The van der Waals surface area contributed by atoms with Crippen LogP contribution in [-0.4, -0.2) is 11.2 Å². The highest BCUT2D eigenvalue weighted by atomic mass is 16.3. The first-order chi connectivity index (χ1) is 13.3. The van der Waals surface area contributed by atoms with E-state index >= 15 is 0 Å². The summed E-state index contributed by atoms with van der Waals surface area (Å²) in [6.07, 6.45) is 17.2. The molecule has 3 fully saturated rings. The van der Waals surface area contributed by atoms with Gasteiger partial charge >= 0.3 is 0 Å². The van der Waals surface area contributed by atoms with E-state index in [4.69, 9.17) is 0 Å². The van der Waals surface area contributed by atoms with Crippen LogP contribution in [0.25, 0.3) is 0 Å². The van der Waals surface area contributed by atoms with E-state index in [9.17, 15) is 5.11 Å². The van der Waals surface area contributed by atoms with Gasteiger partial charge in [0.05, 0.1) is 6.10 Å². The third-order valence-corrected chi connectivity index (χ3v) is 10.3. The first kappa shape index (κ1) is 21.0. The molecule has 0 aromatic rings. The maximum atomic E-state index is 10.2. The van der Waals surface area contributed by atoms with Crippen molar-refractivity contribution in [3.63, 3.8) is 0 Å². The van der Waals surface area contributed by atoms with Gasteiger partial charge in [0, 0.05) is 0 Å². The van der Waals surface area contributed by atoms with Crippen molar-refractivity contribution in [3.8, 4) is 0 Å². The molecule has 1 nitrogen and oxygen atoms in total. The third kappa shape index (κ3) is 3.42. The fourth-order valence-electron chi connectivity index (χ4n) is 8.67. The topological polar surface area (TPSA) is 20.2 Å². The minimum Gasteiger partial charge on any atom is -0.393 e. The summed E-state index contributed by atoms with van der Waals surface area (Å²) in [5.41, 5.74) is 2.60. The van der Waals surface area contributed by atoms with Crippen molar-refractivity contribution in [3.05, 3.63) is 11.6 Å². The molecule has 8 atom stereocenters. The lowest BCUT2D eigenvalue weighted by Crippen LogP contribution is -2.50. The molecule has 0 aromatic heterocycles. The predicted octanol–water partition coefficient (Wildman–Crippen LogP) is 7.39. The zero-order chi connectivity index (χ0) is 20.1. The minimum absolute atomic E-state index is 0.0766. The summed E-state index contributed by atoms with van der Waals surface area (Å²) in [5.74, 6) is 5.46. The molecule has 4 aliphatic carbocycles. The average molecular weight is 387 g/mol. The Kier molecular flexibility index (Phi) is 5.80. The first-order valence-corrected chi connectivity index (χ1v) is 12.6. The Morgan fingerprint density at radius 3 is 2.54 bits per heavy atom. The molecule has 0 radical (unpaired) electrons. The summed E-state index contributed by atoms with van der Waals surface area (Å²) >= 11 is 0. The van der Waals surface area contributed by atoms with E-state index in [1.54, 1.807) is 5.57 Å². The molecule has 4 rings (SSSR count). The van der Waals surface area contributed by atoms with Crippen molar-refractivity contribution in [2.75, 3.05) is 0 Å². The van der Waals surface area contributed by atoms with E-state index in [1.165, 1.54) is 57.8 Å². The first-order valence-electron chi connectivity index (χ1n) is 12.6. The van der Waals surface area contributed by atoms with Gasteiger partial charge in [-0.25, -0.2) is 0 Å². The van der Waals surface area contributed by atoms with E-state index in [0.717, 1.165) is 48.3 Å². The van der Waals surface area contributed by atoms with Crippen molar-refractivity contribution in [1.82, 2.24) is 0 Å². The quantitative estimate of drug-likeness (QED) is 0.488. The van der Waals surface area contributed by atoms with Gasteiger partial charge in [-0.3, -0.25) is 0 Å². The van der Waals surface area contributed by atoms with Crippen LogP contribution in [0.2, 0.25) is 0 Å². The molecule has 0 amide bonds. The monoisotopic (exact) mass is 386 g/mol. The second-order valence-corrected chi connectivity index (χ2v) is 12.2. The van der Waals surface area contributed by atoms with Crippen molar-refractivity contribution >= 4 is 0 Å². The largest absolute Gasteiger partial charge is 0.393 e. The van der Waals surface area contributed by atoms with Crippen LogP contribution in [0, 0.1) is 46.3 Å². The lowest BCUT2D eigenvalue weighted by atomic mass is 9.47. The van der Waals surface area contributed by atoms with Crippen LogP contribution in [0.5, 0.6) is 0 Å². The van der Waals surface area contributed by atoms with Crippen LogP contribution >= 0.6 is 0 Å². The lowest BCUT2D eigenvalue weighted by molar-refractivity contribution is -0.0573. The molecule has 0 aliphatic heterocycles. The molecule has 4 aliphatic rings. The number of hydrogen-bond donors (Lipinski definition) is 1. The summed E-state index contributed by atoms with van der Waals surface area (Å²) in [6.45, 7) is 12.6. The molecule has 3 unspecified atom stereocenters. The highest BCUT2D eigenvalue weighted by Gasteiger charge is 2.59. The van der Waals surface area contributed by atoms with Crippen molar-refractivity contribution < 1.29 is 5.11 Å². The van der Waals surface area contributed by atoms with Gasteiger partial charge in [0.15, 0.2) is 0 Å². The molecule has 28 heavy (non-hydrogen) atoms. The predicted molar refractivity (Wildman–Crippen MR) is 119 cm³/mol. The summed E-state index contributed by atoms with van der Waals surface area (Å²) in [7, 11) is 0. The molecule has 0 saturated heterocycles. The molecule has 0 heterocycles. The molecular formula is C27H46O. The summed E-state index contributed by atoms with van der Waals surface area (Å²) < 4.78 is 0. The van der Waals surface area contributed by atoms with Gasteiger partial charge in [0.2, 0.25) is 0 Å². The fraction of sp³-hybridized carbons (Fsp3) is 0.926. The standard InChI is InChI=1S/C27H46O/c1-18(2)7-6-8-19(3)23-11-12-24-22-10-9-20-17-21(28)13-15-26(20,4)25(22)14-16-27(23,24)5/h9,18-19,21-25,28H,6-8,10-17H2,1-5H3/t19-,21+,22?,23?,24+,25+,26?,27-/m1/s1. The highest BCUT2D eigenvalue weighted by molar-refractivity contribution is 5.25. The number of allylic oxidation sites excluding steroid dienone is 1. The zero-order valence-electron chi connectivity index (χ0n) is 19.3. The van der Waals surface area contributed by atoms with Crippen LogP contribution in [0.3, 0.4) is 0 Å². The van der Waals surface area contributed by atoms with Crippen LogP contribution in [0.4, 0.5) is 0 Å². The molecule has 0 bridgehead atoms. The van der Waals surface area contributed by atoms with E-state index in [2.05, 4.69) is 40.7 Å². The number of aliphatic hydroxyl groups excluding tert-OH is 1. The van der Waals surface area contributed by atoms with Crippen LogP contribution in [0.15, 0.2) is 11.6 Å². The van der Waals surface area contributed by atoms with Crippen molar-refractivity contribution in [2.45, 2.75) is 111 Å². The summed E-state index contributed by atoms with van der Waals surface area (Å²) in [4.78, 5) is 0. The van der Waals surface area contributed by atoms with Gasteiger partial charge in [-0.2, -0.15) is 0 Å². The average Bonchev–Trinajstić information content (AvgIpc) is 2.99. The Labute approximate surface area is 174 Å². The molecule has 1 N–H and O–H groups in total. The smallest absolute Gasteiger partial charge is 0.0577 e. The maximum absolute atomic E-state index is 10.2. The Balaban J connectivity index is 1.49. The van der Waals surface area contributed by atoms with E-state index < -0.39 is 0 Å². The van der Waals surface area contributed by atoms with E-state index in [1.807, 2.05) is 0 Å². The minimum atomic E-state index is -0.0766. The van der Waals surface area contributed by atoms with Crippen LogP contribution in [-0.2, 0) is 0 Å². The Hall–Kier alpha value is -0.300. The Morgan fingerprint density at radius 2 is 1.79 bits per heavy atom. The number of hydrogen-bond acceptors (Lipinski definition) is 1. The van der Waals surface area contributed by atoms with Crippen LogP contribution < -0.4 is 0 Å². The third-order valence-electron chi connectivity index (χ3n) is 10.3. The number of fused-ring (bicyclic) bond motifs is 5. The van der Waals surface area contributed by atoms with Gasteiger partial charge in [-0.1, -0.05) is 65.5 Å². The maximum Gasteiger partial charge on any atom is 0.0577 e. The van der Waals surface area contributed by atoms with Crippen LogP contribution in [0.1, 0.15) is 105 Å². The van der Waals surface area contributed by atoms with Crippen molar-refractivity contribution in [1.29, 1.82) is 0 Å². The molecule has 3 saturated carbocycles. The SMILES string of the molecule is CC(C)CCC[C@@H](C)C1CC[C@H]2C3CC=C4C[C@@H](O)CCC4(C)[C@H]3CC[C@]12C. The van der Waals surface area contributed by atoms with E-state index in [-0.39, 0.29) is 6.10 Å². The van der Waals surface area contributed by atoms with Gasteiger partial charge in [-0.15, -0.1) is 0 Å². The second kappa shape index (κ2) is 7.75. The molecule has 160 valence electrons.